The van der Waals surface area contributed by atoms with Gasteiger partial charge in [-0.25, -0.2) is 0 Å². The molecule has 1 aromatic carbocycles. The molecule has 1 amide bonds. The first-order valence-electron chi connectivity index (χ1n) is 7.34. The lowest BCUT2D eigenvalue weighted by molar-refractivity contribution is -0.117. The third-order valence-corrected chi connectivity index (χ3v) is 4.36. The third-order valence-electron chi connectivity index (χ3n) is 3.54. The molecule has 2 heterocycles. The number of amides is 1. The van der Waals surface area contributed by atoms with Crippen molar-refractivity contribution < 1.29 is 9.53 Å². The monoisotopic (exact) mass is 329 g/mol. The van der Waals surface area contributed by atoms with Gasteiger partial charge in [-0.1, -0.05) is 6.07 Å². The molecule has 1 aromatic heterocycles. The highest BCUT2D eigenvalue weighted by molar-refractivity contribution is 7.10. The molecule has 3 rings (SSSR count). The Labute approximate surface area is 139 Å². The summed E-state index contributed by atoms with van der Waals surface area (Å²) in [5, 5.41) is 1.97. The summed E-state index contributed by atoms with van der Waals surface area (Å²) in [6, 6.07) is 9.27. The minimum absolute atomic E-state index is 0.127. The number of rotatable bonds is 4. The number of nitrogens with zero attached hydrogens (tertiary/aromatic N) is 2. The molecule has 1 aliphatic heterocycles. The van der Waals surface area contributed by atoms with Crippen LogP contribution in [0.1, 0.15) is 4.88 Å². The van der Waals surface area contributed by atoms with E-state index in [2.05, 4.69) is 0 Å². The zero-order chi connectivity index (χ0) is 16.4. The Morgan fingerprint density at radius 1 is 1.35 bits per heavy atom. The standard InChI is InChI=1S/C17H19N3O2S/c1-19(2)7-8-20-14-6-5-12(18)10-15(14)22-16(17(20)21)11-13-4-3-9-23-13/h3-6,9-11H,7-8,18H2,1-2H3/b16-11+. The van der Waals surface area contributed by atoms with Crippen LogP contribution in [0.4, 0.5) is 11.4 Å². The van der Waals surface area contributed by atoms with E-state index in [-0.39, 0.29) is 5.91 Å². The van der Waals surface area contributed by atoms with E-state index in [0.29, 0.717) is 23.7 Å². The van der Waals surface area contributed by atoms with Crippen molar-refractivity contribution in [2.75, 3.05) is 37.8 Å². The molecule has 23 heavy (non-hydrogen) atoms. The van der Waals surface area contributed by atoms with Gasteiger partial charge in [0.1, 0.15) is 0 Å². The van der Waals surface area contributed by atoms with Gasteiger partial charge in [0, 0.05) is 35.8 Å². The van der Waals surface area contributed by atoms with E-state index in [9.17, 15) is 4.79 Å². The Balaban J connectivity index is 1.98. The van der Waals surface area contributed by atoms with E-state index in [1.807, 2.05) is 42.6 Å². The number of hydrogen-bond donors (Lipinski definition) is 1. The SMILES string of the molecule is CN(C)CCN1C(=O)/C(=C\c2cccs2)Oc2cc(N)ccc21. The van der Waals surface area contributed by atoms with Crippen molar-refractivity contribution >= 4 is 34.7 Å². The molecular formula is C17H19N3O2S. The summed E-state index contributed by atoms with van der Waals surface area (Å²) in [6.07, 6.45) is 1.78. The van der Waals surface area contributed by atoms with Gasteiger partial charge in [0.05, 0.1) is 5.69 Å². The number of likely N-dealkylation sites (N-methyl/N-ethyl adjacent to an activating group) is 1. The van der Waals surface area contributed by atoms with Crippen LogP contribution in [0.3, 0.4) is 0 Å². The largest absolute Gasteiger partial charge is 0.449 e. The molecule has 0 radical (unpaired) electrons. The smallest absolute Gasteiger partial charge is 0.294 e. The summed E-state index contributed by atoms with van der Waals surface area (Å²) < 4.78 is 5.82. The van der Waals surface area contributed by atoms with Crippen molar-refractivity contribution in [3.8, 4) is 5.75 Å². The lowest BCUT2D eigenvalue weighted by atomic mass is 10.2. The van der Waals surface area contributed by atoms with E-state index >= 15 is 0 Å². The maximum atomic E-state index is 12.8. The molecule has 0 spiro atoms. The molecule has 1 aliphatic rings. The summed E-state index contributed by atoms with van der Waals surface area (Å²) >= 11 is 1.56. The van der Waals surface area contributed by atoms with Crippen LogP contribution in [0.2, 0.25) is 0 Å². The molecule has 0 aliphatic carbocycles. The number of nitrogen functional groups attached to an aromatic ring is 1. The Morgan fingerprint density at radius 3 is 2.87 bits per heavy atom. The predicted octanol–water partition coefficient (Wildman–Crippen LogP) is 2.66. The number of thiophene rings is 1. The molecule has 6 heteroatoms. The number of hydrogen-bond acceptors (Lipinski definition) is 5. The van der Waals surface area contributed by atoms with Crippen molar-refractivity contribution in [2.45, 2.75) is 0 Å². The van der Waals surface area contributed by atoms with Crippen LogP contribution in [0.15, 0.2) is 41.5 Å². The molecule has 0 saturated heterocycles. The molecule has 0 atom stereocenters. The molecule has 120 valence electrons. The highest BCUT2D eigenvalue weighted by atomic mass is 32.1. The van der Waals surface area contributed by atoms with Gasteiger partial charge in [-0.2, -0.15) is 0 Å². The van der Waals surface area contributed by atoms with E-state index in [4.69, 9.17) is 10.5 Å². The van der Waals surface area contributed by atoms with Crippen molar-refractivity contribution in [3.05, 3.63) is 46.3 Å². The fourth-order valence-corrected chi connectivity index (χ4v) is 3.00. The highest BCUT2D eigenvalue weighted by Gasteiger charge is 2.30. The quantitative estimate of drug-likeness (QED) is 0.692. The molecule has 2 aromatic rings. The fourth-order valence-electron chi connectivity index (χ4n) is 2.36. The van der Waals surface area contributed by atoms with Crippen molar-refractivity contribution in [2.24, 2.45) is 0 Å². The zero-order valence-corrected chi connectivity index (χ0v) is 14.0. The second-order valence-corrected chi connectivity index (χ2v) is 6.59. The Bertz CT molecular complexity index is 738. The summed E-state index contributed by atoms with van der Waals surface area (Å²) in [4.78, 5) is 17.6. The number of nitrogens with two attached hydrogens (primary N) is 1. The second kappa shape index (κ2) is 6.44. The molecule has 0 saturated carbocycles. The Morgan fingerprint density at radius 2 is 2.17 bits per heavy atom. The fraction of sp³-hybridized carbons (Fsp3) is 0.235. The van der Waals surface area contributed by atoms with Gasteiger partial charge in [-0.15, -0.1) is 11.3 Å². The zero-order valence-electron chi connectivity index (χ0n) is 13.2. The van der Waals surface area contributed by atoms with Crippen molar-refractivity contribution in [1.29, 1.82) is 0 Å². The van der Waals surface area contributed by atoms with E-state index in [0.717, 1.165) is 17.1 Å². The van der Waals surface area contributed by atoms with Gasteiger partial charge in [0.15, 0.2) is 11.5 Å². The van der Waals surface area contributed by atoms with Gasteiger partial charge in [0.2, 0.25) is 0 Å². The number of fused-ring (bicyclic) bond motifs is 1. The summed E-state index contributed by atoms with van der Waals surface area (Å²) in [6.45, 7) is 1.36. The lowest BCUT2D eigenvalue weighted by Crippen LogP contribution is -2.41. The molecule has 5 nitrogen and oxygen atoms in total. The lowest BCUT2D eigenvalue weighted by Gasteiger charge is -2.31. The van der Waals surface area contributed by atoms with Gasteiger partial charge < -0.3 is 20.3 Å². The van der Waals surface area contributed by atoms with Gasteiger partial charge in [0.25, 0.3) is 5.91 Å². The topological polar surface area (TPSA) is 58.8 Å². The average molecular weight is 329 g/mol. The average Bonchev–Trinajstić information content (AvgIpc) is 3.00. The van der Waals surface area contributed by atoms with Crippen LogP contribution in [-0.2, 0) is 4.79 Å². The van der Waals surface area contributed by atoms with Crippen molar-refractivity contribution in [1.82, 2.24) is 4.90 Å². The summed E-state index contributed by atoms with van der Waals surface area (Å²) in [5.74, 6) is 0.813. The number of ether oxygens (including phenoxy) is 1. The first kappa shape index (κ1) is 15.6. The van der Waals surface area contributed by atoms with Crippen LogP contribution < -0.4 is 15.4 Å². The number of carbonyl (C=O) groups is 1. The Hall–Kier alpha value is -2.31. The van der Waals surface area contributed by atoms with Crippen LogP contribution in [0, 0.1) is 0 Å². The van der Waals surface area contributed by atoms with E-state index < -0.39 is 0 Å². The molecular weight excluding hydrogens is 310 g/mol. The molecule has 0 bridgehead atoms. The van der Waals surface area contributed by atoms with Crippen LogP contribution >= 0.6 is 11.3 Å². The number of benzene rings is 1. The highest BCUT2D eigenvalue weighted by Crippen LogP contribution is 2.37. The Kier molecular flexibility index (Phi) is 4.36. The van der Waals surface area contributed by atoms with Gasteiger partial charge >= 0.3 is 0 Å². The third kappa shape index (κ3) is 3.38. The number of carbonyl (C=O) groups excluding carboxylic acids is 1. The summed E-state index contributed by atoms with van der Waals surface area (Å²) in [5.41, 5.74) is 7.23. The number of anilines is 2. The molecule has 2 N–H and O–H groups in total. The predicted molar refractivity (Wildman–Crippen MR) is 94.7 cm³/mol. The minimum atomic E-state index is -0.127. The molecule has 0 fully saturated rings. The molecule has 0 unspecified atom stereocenters. The minimum Gasteiger partial charge on any atom is -0.449 e. The van der Waals surface area contributed by atoms with Crippen LogP contribution in [-0.4, -0.2) is 38.0 Å². The first-order valence-corrected chi connectivity index (χ1v) is 8.22. The van der Waals surface area contributed by atoms with E-state index in [1.54, 1.807) is 34.4 Å². The van der Waals surface area contributed by atoms with Gasteiger partial charge in [-0.05, 0) is 37.7 Å². The maximum absolute atomic E-state index is 12.8. The maximum Gasteiger partial charge on any atom is 0.294 e. The van der Waals surface area contributed by atoms with Gasteiger partial charge in [-0.3, -0.25) is 4.79 Å². The van der Waals surface area contributed by atoms with Crippen LogP contribution in [0.5, 0.6) is 5.75 Å². The van der Waals surface area contributed by atoms with E-state index in [1.165, 1.54) is 0 Å². The first-order chi connectivity index (χ1) is 11.0. The van der Waals surface area contributed by atoms with Crippen molar-refractivity contribution in [3.63, 3.8) is 0 Å². The summed E-state index contributed by atoms with van der Waals surface area (Å²) in [7, 11) is 3.97. The normalized spacial score (nSPS) is 15.9. The van der Waals surface area contributed by atoms with Crippen LogP contribution in [0.25, 0.3) is 6.08 Å². The second-order valence-electron chi connectivity index (χ2n) is 5.61.